The van der Waals surface area contributed by atoms with Crippen LogP contribution in [-0.2, 0) is 4.74 Å². The molecule has 3 rings (SSSR count). The number of hydrogen-bond donors (Lipinski definition) is 1. The van der Waals surface area contributed by atoms with Gasteiger partial charge in [0.05, 0.1) is 36.2 Å². The Morgan fingerprint density at radius 2 is 1.92 bits per heavy atom. The summed E-state index contributed by atoms with van der Waals surface area (Å²) >= 11 is 6.41. The second-order valence-electron chi connectivity index (χ2n) is 6.06. The second kappa shape index (κ2) is 8.92. The third-order valence-corrected chi connectivity index (χ3v) is 4.46. The lowest BCUT2D eigenvalue weighted by molar-refractivity contribution is 0.102. The summed E-state index contributed by atoms with van der Waals surface area (Å²) in [5.74, 6) is 0.587. The zero-order valence-corrected chi connectivity index (χ0v) is 15.6. The molecule has 0 unspecified atom stereocenters. The van der Waals surface area contributed by atoms with Gasteiger partial charge in [0.15, 0.2) is 0 Å². The lowest BCUT2D eigenvalue weighted by atomic mass is 10.1. The maximum absolute atomic E-state index is 12.6. The molecule has 2 aromatic rings. The van der Waals surface area contributed by atoms with Gasteiger partial charge < -0.3 is 19.7 Å². The fourth-order valence-electron chi connectivity index (χ4n) is 2.84. The summed E-state index contributed by atoms with van der Waals surface area (Å²) in [6.45, 7) is 5.51. The Kier molecular flexibility index (Phi) is 6.36. The molecule has 1 saturated heterocycles. The molecule has 0 saturated carbocycles. The molecule has 0 atom stereocenters. The molecular weight excluding hydrogens is 352 g/mol. The predicted octanol–water partition coefficient (Wildman–Crippen LogP) is 4.22. The van der Waals surface area contributed by atoms with Crippen molar-refractivity contribution in [3.63, 3.8) is 0 Å². The Bertz CT molecular complexity index is 743. The molecule has 1 aliphatic rings. The van der Waals surface area contributed by atoms with E-state index in [1.54, 1.807) is 12.1 Å². The van der Waals surface area contributed by atoms with Crippen LogP contribution in [0.4, 0.5) is 11.4 Å². The molecule has 138 valence electrons. The molecule has 0 radical (unpaired) electrons. The average Bonchev–Trinajstić information content (AvgIpc) is 2.67. The lowest BCUT2D eigenvalue weighted by Crippen LogP contribution is -2.37. The Morgan fingerprint density at radius 3 is 2.62 bits per heavy atom. The van der Waals surface area contributed by atoms with Gasteiger partial charge in [-0.15, -0.1) is 0 Å². The summed E-state index contributed by atoms with van der Waals surface area (Å²) < 4.78 is 11.0. The number of carbonyl (C=O) groups is 1. The first-order chi connectivity index (χ1) is 12.7. The van der Waals surface area contributed by atoms with Gasteiger partial charge in [-0.25, -0.2) is 0 Å². The van der Waals surface area contributed by atoms with Crippen LogP contribution in [0.3, 0.4) is 0 Å². The van der Waals surface area contributed by atoms with E-state index in [4.69, 9.17) is 21.1 Å². The summed E-state index contributed by atoms with van der Waals surface area (Å²) in [6, 6.07) is 12.7. The number of benzene rings is 2. The maximum atomic E-state index is 12.6. The number of morpholine rings is 1. The van der Waals surface area contributed by atoms with Crippen molar-refractivity contribution in [2.45, 2.75) is 13.3 Å². The molecule has 1 amide bonds. The van der Waals surface area contributed by atoms with E-state index in [1.807, 2.05) is 30.3 Å². The first-order valence-corrected chi connectivity index (χ1v) is 9.22. The van der Waals surface area contributed by atoms with E-state index in [9.17, 15) is 4.79 Å². The van der Waals surface area contributed by atoms with Crippen LogP contribution in [0.2, 0.25) is 5.02 Å². The average molecular weight is 375 g/mol. The van der Waals surface area contributed by atoms with E-state index in [0.29, 0.717) is 36.1 Å². The van der Waals surface area contributed by atoms with Gasteiger partial charge >= 0.3 is 0 Å². The van der Waals surface area contributed by atoms with Crippen LogP contribution in [0.15, 0.2) is 42.5 Å². The Morgan fingerprint density at radius 1 is 1.19 bits per heavy atom. The standard InChI is InChI=1S/C20H23ClN2O3/c1-2-12-26-16-8-6-15(7-9-16)20(24)22-18-5-3-4-17(21)19(18)23-10-13-25-14-11-23/h3-9H,2,10-14H2,1H3,(H,22,24). The van der Waals surface area contributed by atoms with Crippen LogP contribution in [0.5, 0.6) is 5.75 Å². The molecule has 2 aromatic carbocycles. The van der Waals surface area contributed by atoms with Gasteiger partial charge in [-0.05, 0) is 42.8 Å². The van der Waals surface area contributed by atoms with Crippen molar-refractivity contribution in [3.05, 3.63) is 53.1 Å². The molecule has 1 fully saturated rings. The quantitative estimate of drug-likeness (QED) is 0.822. The molecule has 0 bridgehead atoms. The summed E-state index contributed by atoms with van der Waals surface area (Å²) in [6.07, 6.45) is 0.946. The molecule has 0 aliphatic carbocycles. The number of nitrogens with zero attached hydrogens (tertiary/aromatic N) is 1. The van der Waals surface area contributed by atoms with E-state index in [1.165, 1.54) is 0 Å². The fraction of sp³-hybridized carbons (Fsp3) is 0.350. The number of halogens is 1. The first-order valence-electron chi connectivity index (χ1n) is 8.84. The van der Waals surface area contributed by atoms with Crippen LogP contribution in [0, 0.1) is 0 Å². The summed E-state index contributed by atoms with van der Waals surface area (Å²) in [5.41, 5.74) is 2.12. The van der Waals surface area contributed by atoms with E-state index in [2.05, 4.69) is 17.1 Å². The Balaban J connectivity index is 1.75. The fourth-order valence-corrected chi connectivity index (χ4v) is 3.14. The highest BCUT2D eigenvalue weighted by molar-refractivity contribution is 6.34. The zero-order valence-electron chi connectivity index (χ0n) is 14.8. The van der Waals surface area contributed by atoms with Crippen molar-refractivity contribution in [1.82, 2.24) is 0 Å². The second-order valence-corrected chi connectivity index (χ2v) is 6.47. The summed E-state index contributed by atoms with van der Waals surface area (Å²) in [4.78, 5) is 14.8. The number of anilines is 2. The normalized spacial score (nSPS) is 14.2. The summed E-state index contributed by atoms with van der Waals surface area (Å²) in [5, 5.41) is 3.60. The first kappa shape index (κ1) is 18.5. The van der Waals surface area contributed by atoms with Gasteiger partial charge in [0.2, 0.25) is 0 Å². The van der Waals surface area contributed by atoms with E-state index < -0.39 is 0 Å². The monoisotopic (exact) mass is 374 g/mol. The number of nitrogens with one attached hydrogen (secondary N) is 1. The number of amides is 1. The molecule has 1 aliphatic heterocycles. The molecule has 1 heterocycles. The number of rotatable bonds is 6. The lowest BCUT2D eigenvalue weighted by Gasteiger charge is -2.31. The van der Waals surface area contributed by atoms with E-state index in [-0.39, 0.29) is 5.91 Å². The van der Waals surface area contributed by atoms with Crippen LogP contribution in [0.25, 0.3) is 0 Å². The Hall–Kier alpha value is -2.24. The molecule has 26 heavy (non-hydrogen) atoms. The number of hydrogen-bond acceptors (Lipinski definition) is 4. The van der Waals surface area contributed by atoms with Gasteiger partial charge in [0.1, 0.15) is 5.75 Å². The van der Waals surface area contributed by atoms with Gasteiger partial charge in [0, 0.05) is 18.7 Å². The molecule has 0 aromatic heterocycles. The van der Waals surface area contributed by atoms with Crippen molar-refractivity contribution >= 4 is 28.9 Å². The molecule has 5 nitrogen and oxygen atoms in total. The van der Waals surface area contributed by atoms with Crippen molar-refractivity contribution in [2.24, 2.45) is 0 Å². The maximum Gasteiger partial charge on any atom is 0.255 e. The number of para-hydroxylation sites is 1. The van der Waals surface area contributed by atoms with Crippen molar-refractivity contribution in [1.29, 1.82) is 0 Å². The zero-order chi connectivity index (χ0) is 18.4. The third kappa shape index (κ3) is 4.48. The van der Waals surface area contributed by atoms with Crippen molar-refractivity contribution < 1.29 is 14.3 Å². The topological polar surface area (TPSA) is 50.8 Å². The van der Waals surface area contributed by atoms with E-state index in [0.717, 1.165) is 30.9 Å². The predicted molar refractivity (Wildman–Crippen MR) is 105 cm³/mol. The highest BCUT2D eigenvalue weighted by Crippen LogP contribution is 2.34. The molecule has 0 spiro atoms. The SMILES string of the molecule is CCCOc1ccc(C(=O)Nc2cccc(Cl)c2N2CCOCC2)cc1. The minimum Gasteiger partial charge on any atom is -0.494 e. The highest BCUT2D eigenvalue weighted by Gasteiger charge is 2.19. The van der Waals surface area contributed by atoms with Crippen molar-refractivity contribution in [3.8, 4) is 5.75 Å². The van der Waals surface area contributed by atoms with Crippen LogP contribution < -0.4 is 15.0 Å². The summed E-state index contributed by atoms with van der Waals surface area (Å²) in [7, 11) is 0. The van der Waals surface area contributed by atoms with E-state index >= 15 is 0 Å². The van der Waals surface area contributed by atoms with Gasteiger partial charge in [-0.1, -0.05) is 24.6 Å². The van der Waals surface area contributed by atoms with Gasteiger partial charge in [-0.2, -0.15) is 0 Å². The van der Waals surface area contributed by atoms with Gasteiger partial charge in [-0.3, -0.25) is 4.79 Å². The minimum atomic E-state index is -0.177. The number of carbonyl (C=O) groups excluding carboxylic acids is 1. The highest BCUT2D eigenvalue weighted by atomic mass is 35.5. The van der Waals surface area contributed by atoms with Crippen LogP contribution in [-0.4, -0.2) is 38.8 Å². The minimum absolute atomic E-state index is 0.177. The molecule has 1 N–H and O–H groups in total. The largest absolute Gasteiger partial charge is 0.494 e. The van der Waals surface area contributed by atoms with Crippen LogP contribution >= 0.6 is 11.6 Å². The Labute approximate surface area is 158 Å². The number of ether oxygens (including phenoxy) is 2. The van der Waals surface area contributed by atoms with Crippen LogP contribution in [0.1, 0.15) is 23.7 Å². The molecular formula is C20H23ClN2O3. The third-order valence-electron chi connectivity index (χ3n) is 4.15. The van der Waals surface area contributed by atoms with Crippen molar-refractivity contribution in [2.75, 3.05) is 43.1 Å². The van der Waals surface area contributed by atoms with Gasteiger partial charge in [0.25, 0.3) is 5.91 Å². The smallest absolute Gasteiger partial charge is 0.255 e. The molecule has 6 heteroatoms.